The molecule has 0 aromatic heterocycles. The lowest BCUT2D eigenvalue weighted by atomic mass is 10.2. The first-order chi connectivity index (χ1) is 12.9. The Balaban J connectivity index is 1.16. The Morgan fingerprint density at radius 3 is 1.65 bits per heavy atom. The van der Waals surface area contributed by atoms with Crippen LogP contribution < -0.4 is 10.0 Å². The number of rotatable bonds is 7. The number of hydrazone groups is 2. The van der Waals surface area contributed by atoms with Gasteiger partial charge in [0.05, 0.1) is 11.4 Å². The number of benzene rings is 2. The minimum atomic E-state index is 1.000. The van der Waals surface area contributed by atoms with E-state index in [0.29, 0.717) is 0 Å². The molecule has 0 aliphatic carbocycles. The van der Waals surface area contributed by atoms with Crippen molar-refractivity contribution in [2.75, 3.05) is 23.1 Å². The average molecular weight is 346 g/mol. The largest absolute Gasteiger partial charge is 0.265 e. The number of hydrogen-bond acceptors (Lipinski definition) is 4. The van der Waals surface area contributed by atoms with Crippen LogP contribution in [0.15, 0.2) is 58.7 Å². The minimum absolute atomic E-state index is 1.000. The van der Waals surface area contributed by atoms with Crippen LogP contribution in [0.5, 0.6) is 0 Å². The number of nitrogens with zero attached hydrogens (tertiary/aromatic N) is 4. The maximum atomic E-state index is 4.64. The molecule has 0 atom stereocenters. The number of anilines is 2. The fourth-order valence-electron chi connectivity index (χ4n) is 3.67. The van der Waals surface area contributed by atoms with Crippen LogP contribution in [0.1, 0.15) is 36.8 Å². The molecule has 0 amide bonds. The SMILES string of the molecule is C(/CCCC/C=N/N1CCc2ccccc21)=N\N1CCc2ccccc21. The molecule has 4 rings (SSSR count). The van der Waals surface area contributed by atoms with E-state index in [-0.39, 0.29) is 0 Å². The van der Waals surface area contributed by atoms with Crippen LogP contribution in [0.4, 0.5) is 11.4 Å². The Bertz CT molecular complexity index is 729. The van der Waals surface area contributed by atoms with Crippen molar-refractivity contribution < 1.29 is 0 Å². The molecule has 0 saturated carbocycles. The lowest BCUT2D eigenvalue weighted by Gasteiger charge is -2.12. The first kappa shape index (κ1) is 16.8. The highest BCUT2D eigenvalue weighted by molar-refractivity contribution is 5.65. The summed E-state index contributed by atoms with van der Waals surface area (Å²) in [5.74, 6) is 0. The van der Waals surface area contributed by atoms with Gasteiger partial charge in [-0.15, -0.1) is 0 Å². The van der Waals surface area contributed by atoms with Gasteiger partial charge in [0.1, 0.15) is 0 Å². The first-order valence-electron chi connectivity index (χ1n) is 9.67. The molecule has 0 unspecified atom stereocenters. The summed E-state index contributed by atoms with van der Waals surface area (Å²) in [6, 6.07) is 17.1. The summed E-state index contributed by atoms with van der Waals surface area (Å²) in [6.45, 7) is 2.00. The standard InChI is InChI=1S/C22H26N4/c1(7-15-23-25-17-13-19-9-3-5-11-21(19)25)2-8-16-24-26-18-14-20-10-4-6-12-22(20)26/h3-6,9-12,15-16H,1-2,7-8,13-14,17-18H2/b23-15+,24-16+. The Morgan fingerprint density at radius 1 is 0.692 bits per heavy atom. The zero-order valence-corrected chi connectivity index (χ0v) is 15.2. The predicted molar refractivity (Wildman–Crippen MR) is 110 cm³/mol. The summed E-state index contributed by atoms with van der Waals surface area (Å²) >= 11 is 0. The molecule has 2 aromatic rings. The van der Waals surface area contributed by atoms with Crippen molar-refractivity contribution in [2.24, 2.45) is 10.2 Å². The zero-order valence-electron chi connectivity index (χ0n) is 15.2. The number of para-hydroxylation sites is 2. The molecule has 2 aliphatic rings. The third-order valence-electron chi connectivity index (χ3n) is 5.08. The van der Waals surface area contributed by atoms with Crippen LogP contribution in [-0.2, 0) is 12.8 Å². The molecule has 0 spiro atoms. The number of fused-ring (bicyclic) bond motifs is 2. The van der Waals surface area contributed by atoms with Gasteiger partial charge >= 0.3 is 0 Å². The van der Waals surface area contributed by atoms with Gasteiger partial charge in [-0.25, -0.2) is 0 Å². The van der Waals surface area contributed by atoms with Crippen LogP contribution in [0, 0.1) is 0 Å². The summed E-state index contributed by atoms with van der Waals surface area (Å²) < 4.78 is 0. The fourth-order valence-corrected chi connectivity index (χ4v) is 3.67. The van der Waals surface area contributed by atoms with Gasteiger partial charge in [-0.05, 0) is 61.8 Å². The molecule has 0 radical (unpaired) electrons. The smallest absolute Gasteiger partial charge is 0.0626 e. The number of hydrogen-bond donors (Lipinski definition) is 0. The minimum Gasteiger partial charge on any atom is -0.265 e. The van der Waals surface area contributed by atoms with Crippen molar-refractivity contribution in [3.05, 3.63) is 59.7 Å². The van der Waals surface area contributed by atoms with Crippen molar-refractivity contribution in [3.8, 4) is 0 Å². The lowest BCUT2D eigenvalue weighted by molar-refractivity contribution is 0.795. The lowest BCUT2D eigenvalue weighted by Crippen LogP contribution is -2.12. The molecule has 4 nitrogen and oxygen atoms in total. The molecule has 2 aromatic carbocycles. The topological polar surface area (TPSA) is 31.2 Å². The van der Waals surface area contributed by atoms with Crippen LogP contribution in [0.3, 0.4) is 0 Å². The molecule has 26 heavy (non-hydrogen) atoms. The van der Waals surface area contributed by atoms with Gasteiger partial charge in [-0.3, -0.25) is 10.0 Å². The van der Waals surface area contributed by atoms with E-state index in [2.05, 4.69) is 81.2 Å². The maximum absolute atomic E-state index is 4.64. The second-order valence-electron chi connectivity index (χ2n) is 6.88. The van der Waals surface area contributed by atoms with Crippen molar-refractivity contribution in [3.63, 3.8) is 0 Å². The third-order valence-corrected chi connectivity index (χ3v) is 5.08. The number of unbranched alkanes of at least 4 members (excludes halogenated alkanes) is 3. The van der Waals surface area contributed by atoms with Crippen LogP contribution in [0.25, 0.3) is 0 Å². The van der Waals surface area contributed by atoms with E-state index in [4.69, 9.17) is 0 Å². The van der Waals surface area contributed by atoms with E-state index in [9.17, 15) is 0 Å². The van der Waals surface area contributed by atoms with Gasteiger partial charge in [-0.1, -0.05) is 36.4 Å². The summed E-state index contributed by atoms with van der Waals surface area (Å²) in [6.07, 6.45) is 10.7. The van der Waals surface area contributed by atoms with Crippen LogP contribution in [-0.4, -0.2) is 25.5 Å². The molecular formula is C22H26N4. The molecule has 0 bridgehead atoms. The quantitative estimate of drug-likeness (QED) is 0.540. The van der Waals surface area contributed by atoms with Crippen molar-refractivity contribution in [1.82, 2.24) is 0 Å². The molecule has 134 valence electrons. The Labute approximate surface area is 155 Å². The van der Waals surface area contributed by atoms with Crippen molar-refractivity contribution in [1.29, 1.82) is 0 Å². The molecule has 0 N–H and O–H groups in total. The average Bonchev–Trinajstić information content (AvgIpc) is 3.28. The second kappa shape index (κ2) is 8.17. The van der Waals surface area contributed by atoms with Gasteiger partial charge < -0.3 is 0 Å². The molecule has 0 saturated heterocycles. The second-order valence-corrected chi connectivity index (χ2v) is 6.88. The van der Waals surface area contributed by atoms with Gasteiger partial charge in [0.15, 0.2) is 0 Å². The fraction of sp³-hybridized carbons (Fsp3) is 0.364. The summed E-state index contributed by atoms with van der Waals surface area (Å²) in [5, 5.41) is 13.5. The van der Waals surface area contributed by atoms with E-state index >= 15 is 0 Å². The van der Waals surface area contributed by atoms with Gasteiger partial charge in [-0.2, -0.15) is 10.2 Å². The predicted octanol–water partition coefficient (Wildman–Crippen LogP) is 4.64. The van der Waals surface area contributed by atoms with E-state index in [1.807, 2.05) is 0 Å². The molecule has 2 heterocycles. The van der Waals surface area contributed by atoms with E-state index in [1.54, 1.807) is 0 Å². The van der Waals surface area contributed by atoms with Gasteiger partial charge in [0, 0.05) is 25.5 Å². The third kappa shape index (κ3) is 3.79. The molecule has 2 aliphatic heterocycles. The summed E-state index contributed by atoms with van der Waals surface area (Å²) in [4.78, 5) is 0. The highest BCUT2D eigenvalue weighted by Gasteiger charge is 2.17. The highest BCUT2D eigenvalue weighted by atomic mass is 15.5. The summed E-state index contributed by atoms with van der Waals surface area (Å²) in [7, 11) is 0. The molecule has 4 heteroatoms. The van der Waals surface area contributed by atoms with E-state index < -0.39 is 0 Å². The Kier molecular flexibility index (Phi) is 5.29. The maximum Gasteiger partial charge on any atom is 0.0626 e. The van der Waals surface area contributed by atoms with E-state index in [0.717, 1.165) is 51.6 Å². The van der Waals surface area contributed by atoms with Crippen molar-refractivity contribution >= 4 is 23.8 Å². The highest BCUT2D eigenvalue weighted by Crippen LogP contribution is 2.28. The Hall–Kier alpha value is -2.62. The van der Waals surface area contributed by atoms with Crippen molar-refractivity contribution in [2.45, 2.75) is 38.5 Å². The summed E-state index contributed by atoms with van der Waals surface area (Å²) in [5.41, 5.74) is 5.34. The van der Waals surface area contributed by atoms with Gasteiger partial charge in [0.25, 0.3) is 0 Å². The van der Waals surface area contributed by atoms with E-state index in [1.165, 1.54) is 22.5 Å². The van der Waals surface area contributed by atoms with Crippen LogP contribution in [0.2, 0.25) is 0 Å². The Morgan fingerprint density at radius 2 is 1.15 bits per heavy atom. The zero-order chi connectivity index (χ0) is 17.6. The molecular weight excluding hydrogens is 320 g/mol. The first-order valence-corrected chi connectivity index (χ1v) is 9.67. The van der Waals surface area contributed by atoms with Crippen LogP contribution >= 0.6 is 0 Å². The monoisotopic (exact) mass is 346 g/mol. The molecule has 0 fully saturated rings. The van der Waals surface area contributed by atoms with Gasteiger partial charge in [0.2, 0.25) is 0 Å². The normalized spacial score (nSPS) is 16.0.